The van der Waals surface area contributed by atoms with Gasteiger partial charge in [-0.05, 0) is 24.3 Å². The van der Waals surface area contributed by atoms with Crippen molar-refractivity contribution in [2.75, 3.05) is 0 Å². The van der Waals surface area contributed by atoms with E-state index in [1.807, 2.05) is 6.07 Å². The lowest BCUT2D eigenvalue weighted by molar-refractivity contribution is 0.0689. The molecule has 0 atom stereocenters. The first-order chi connectivity index (χ1) is 7.27. The van der Waals surface area contributed by atoms with Crippen LogP contribution >= 0.6 is 0 Å². The first-order valence-electron chi connectivity index (χ1n) is 4.25. The van der Waals surface area contributed by atoms with Gasteiger partial charge in [0.2, 0.25) is 0 Å². The first-order valence-corrected chi connectivity index (χ1v) is 4.25. The molecule has 0 spiro atoms. The third-order valence-electron chi connectivity index (χ3n) is 1.84. The van der Waals surface area contributed by atoms with Crippen LogP contribution in [0.5, 0.6) is 0 Å². The van der Waals surface area contributed by atoms with E-state index >= 15 is 0 Å². The Morgan fingerprint density at radius 3 is 2.60 bits per heavy atom. The summed E-state index contributed by atoms with van der Waals surface area (Å²) in [6, 6.07) is 6.63. The number of carboxylic acids is 1. The highest BCUT2D eigenvalue weighted by Gasteiger charge is 2.05. The zero-order valence-corrected chi connectivity index (χ0v) is 7.66. The number of hydrogen-bond donors (Lipinski definition) is 1. The first kappa shape index (κ1) is 9.26. The molecule has 0 aliphatic heterocycles. The van der Waals surface area contributed by atoms with Crippen molar-refractivity contribution in [3.05, 3.63) is 42.4 Å². The Morgan fingerprint density at radius 2 is 2.07 bits per heavy atom. The summed E-state index contributed by atoms with van der Waals surface area (Å²) in [4.78, 5) is 14.5. The van der Waals surface area contributed by atoms with E-state index in [-0.39, 0.29) is 5.69 Å². The van der Waals surface area contributed by atoms with Crippen molar-refractivity contribution in [1.29, 1.82) is 0 Å². The number of carbonyl (C=O) groups is 1. The third-order valence-corrected chi connectivity index (χ3v) is 1.84. The highest BCUT2D eigenvalue weighted by Crippen LogP contribution is 2.13. The number of nitrogens with zero attached hydrogens (tertiary/aromatic N) is 3. The Hall–Kier alpha value is -2.30. The summed E-state index contributed by atoms with van der Waals surface area (Å²) in [5, 5.41) is 16.0. The molecule has 0 bridgehead atoms. The minimum Gasteiger partial charge on any atom is -0.476 e. The molecule has 2 rings (SSSR count). The molecular formula is C10H7N3O2. The van der Waals surface area contributed by atoms with Gasteiger partial charge in [0, 0.05) is 18.0 Å². The van der Waals surface area contributed by atoms with Gasteiger partial charge in [-0.15, -0.1) is 10.2 Å². The molecule has 2 heterocycles. The summed E-state index contributed by atoms with van der Waals surface area (Å²) in [6.07, 6.45) is 3.30. The van der Waals surface area contributed by atoms with Gasteiger partial charge in [-0.2, -0.15) is 0 Å². The topological polar surface area (TPSA) is 76.0 Å². The van der Waals surface area contributed by atoms with Crippen LogP contribution in [-0.4, -0.2) is 26.3 Å². The van der Waals surface area contributed by atoms with Crippen LogP contribution in [0, 0.1) is 0 Å². The molecule has 2 aromatic heterocycles. The summed E-state index contributed by atoms with van der Waals surface area (Å²) < 4.78 is 0. The lowest BCUT2D eigenvalue weighted by Gasteiger charge is -1.98. The molecule has 5 heteroatoms. The summed E-state index contributed by atoms with van der Waals surface area (Å²) in [6.45, 7) is 0. The smallest absolute Gasteiger partial charge is 0.356 e. The van der Waals surface area contributed by atoms with Crippen molar-refractivity contribution in [2.45, 2.75) is 0 Å². The molecule has 0 saturated heterocycles. The number of pyridine rings is 1. The van der Waals surface area contributed by atoms with Gasteiger partial charge in [0.1, 0.15) is 0 Å². The van der Waals surface area contributed by atoms with Crippen LogP contribution in [-0.2, 0) is 0 Å². The Balaban J connectivity index is 2.36. The highest BCUT2D eigenvalue weighted by atomic mass is 16.4. The molecule has 15 heavy (non-hydrogen) atoms. The Labute approximate surface area is 85.4 Å². The molecule has 74 valence electrons. The summed E-state index contributed by atoms with van der Waals surface area (Å²) in [5.74, 6) is -1.08. The van der Waals surface area contributed by atoms with Crippen molar-refractivity contribution in [1.82, 2.24) is 15.2 Å². The standard InChI is InChI=1S/C10H7N3O2/c14-10(15)9-4-3-8(12-13-9)7-2-1-5-11-6-7/h1-6H,(H,14,15). The second kappa shape index (κ2) is 3.83. The second-order valence-electron chi connectivity index (χ2n) is 2.85. The van der Waals surface area contributed by atoms with Crippen molar-refractivity contribution in [2.24, 2.45) is 0 Å². The van der Waals surface area contributed by atoms with Gasteiger partial charge in [-0.1, -0.05) is 0 Å². The monoisotopic (exact) mass is 201 g/mol. The summed E-state index contributed by atoms with van der Waals surface area (Å²) in [5.41, 5.74) is 1.35. The van der Waals surface area contributed by atoms with Crippen LogP contribution < -0.4 is 0 Å². The van der Waals surface area contributed by atoms with E-state index in [1.165, 1.54) is 6.07 Å². The van der Waals surface area contributed by atoms with E-state index in [0.717, 1.165) is 5.56 Å². The van der Waals surface area contributed by atoms with E-state index in [9.17, 15) is 4.79 Å². The average Bonchev–Trinajstić information content (AvgIpc) is 2.30. The maximum Gasteiger partial charge on any atom is 0.356 e. The van der Waals surface area contributed by atoms with Gasteiger partial charge >= 0.3 is 5.97 Å². The van der Waals surface area contributed by atoms with Crippen molar-refractivity contribution < 1.29 is 9.90 Å². The van der Waals surface area contributed by atoms with Crippen LogP contribution in [0.4, 0.5) is 0 Å². The molecule has 0 fully saturated rings. The van der Waals surface area contributed by atoms with Crippen molar-refractivity contribution >= 4 is 5.97 Å². The lowest BCUT2D eigenvalue weighted by atomic mass is 10.2. The fraction of sp³-hybridized carbons (Fsp3) is 0. The molecule has 0 aromatic carbocycles. The number of rotatable bonds is 2. The Kier molecular flexibility index (Phi) is 2.37. The average molecular weight is 201 g/mol. The van der Waals surface area contributed by atoms with Crippen LogP contribution in [0.3, 0.4) is 0 Å². The number of hydrogen-bond acceptors (Lipinski definition) is 4. The van der Waals surface area contributed by atoms with Gasteiger partial charge in [0.25, 0.3) is 0 Å². The predicted molar refractivity (Wildman–Crippen MR) is 52.2 cm³/mol. The minimum atomic E-state index is -1.08. The van der Waals surface area contributed by atoms with Crippen LogP contribution in [0.15, 0.2) is 36.7 Å². The minimum absolute atomic E-state index is 0.0670. The van der Waals surface area contributed by atoms with Gasteiger partial charge in [-0.3, -0.25) is 4.98 Å². The summed E-state index contributed by atoms with van der Waals surface area (Å²) >= 11 is 0. The van der Waals surface area contributed by atoms with Crippen molar-refractivity contribution in [3.63, 3.8) is 0 Å². The highest BCUT2D eigenvalue weighted by molar-refractivity contribution is 5.85. The Bertz CT molecular complexity index is 468. The van der Waals surface area contributed by atoms with E-state index in [1.54, 1.807) is 24.5 Å². The van der Waals surface area contributed by atoms with Crippen LogP contribution in [0.2, 0.25) is 0 Å². The molecule has 0 saturated carbocycles. The van der Waals surface area contributed by atoms with Crippen molar-refractivity contribution in [3.8, 4) is 11.3 Å². The molecule has 2 aromatic rings. The van der Waals surface area contributed by atoms with E-state index in [0.29, 0.717) is 5.69 Å². The zero-order chi connectivity index (χ0) is 10.7. The van der Waals surface area contributed by atoms with Crippen LogP contribution in [0.25, 0.3) is 11.3 Å². The maximum absolute atomic E-state index is 10.5. The molecule has 5 nitrogen and oxygen atoms in total. The van der Waals surface area contributed by atoms with E-state index in [2.05, 4.69) is 15.2 Å². The number of carboxylic acid groups (broad SMARTS) is 1. The summed E-state index contributed by atoms with van der Waals surface area (Å²) in [7, 11) is 0. The molecule has 0 unspecified atom stereocenters. The third kappa shape index (κ3) is 1.96. The van der Waals surface area contributed by atoms with Gasteiger partial charge in [0.05, 0.1) is 5.69 Å². The van der Waals surface area contributed by atoms with Crippen LogP contribution in [0.1, 0.15) is 10.5 Å². The quantitative estimate of drug-likeness (QED) is 0.790. The Morgan fingerprint density at radius 1 is 1.20 bits per heavy atom. The molecule has 1 N–H and O–H groups in total. The molecule has 0 aliphatic rings. The van der Waals surface area contributed by atoms with Gasteiger partial charge in [0.15, 0.2) is 5.69 Å². The molecule has 0 amide bonds. The molecule has 0 radical (unpaired) electrons. The van der Waals surface area contributed by atoms with Gasteiger partial charge in [-0.25, -0.2) is 4.79 Å². The fourth-order valence-corrected chi connectivity index (χ4v) is 1.11. The van der Waals surface area contributed by atoms with E-state index < -0.39 is 5.97 Å². The zero-order valence-electron chi connectivity index (χ0n) is 7.66. The predicted octanol–water partition coefficient (Wildman–Crippen LogP) is 1.24. The SMILES string of the molecule is O=C(O)c1ccc(-c2cccnc2)nn1. The maximum atomic E-state index is 10.5. The van der Waals surface area contributed by atoms with E-state index in [4.69, 9.17) is 5.11 Å². The fourth-order valence-electron chi connectivity index (χ4n) is 1.11. The molecule has 0 aliphatic carbocycles. The normalized spacial score (nSPS) is 9.87. The lowest BCUT2D eigenvalue weighted by Crippen LogP contribution is -2.01. The number of aromatic carboxylic acids is 1. The second-order valence-corrected chi connectivity index (χ2v) is 2.85. The molecular weight excluding hydrogens is 194 g/mol. The largest absolute Gasteiger partial charge is 0.476 e. The van der Waals surface area contributed by atoms with Gasteiger partial charge < -0.3 is 5.11 Å². The number of aromatic nitrogens is 3.